The first-order chi connectivity index (χ1) is 12.1. The monoisotopic (exact) mass is 342 g/mol. The Kier molecular flexibility index (Phi) is 6.83. The number of ether oxygens (including phenoxy) is 2. The quantitative estimate of drug-likeness (QED) is 0.720. The molecule has 2 N–H and O–H groups in total. The lowest BCUT2D eigenvalue weighted by Crippen LogP contribution is -2.16. The van der Waals surface area contributed by atoms with Gasteiger partial charge >= 0.3 is 5.97 Å². The first-order valence-electron chi connectivity index (χ1n) is 8.07. The van der Waals surface area contributed by atoms with Gasteiger partial charge in [0, 0.05) is 24.3 Å². The Labute approximate surface area is 147 Å². The lowest BCUT2D eigenvalue weighted by molar-refractivity contribution is -0.115. The van der Waals surface area contributed by atoms with E-state index in [0.29, 0.717) is 30.8 Å². The maximum absolute atomic E-state index is 12.0. The standard InChI is InChI=1S/C19H22N2O4/c1-3-25-17-9-7-15(8-10-17)20-12-11-18(22)21-16-6-4-5-14(13-16)19(23)24-2/h4-10,13,20H,3,11-12H2,1-2H3,(H,21,22). The Morgan fingerprint density at radius 2 is 1.80 bits per heavy atom. The summed E-state index contributed by atoms with van der Waals surface area (Å²) in [5.74, 6) is 0.241. The average molecular weight is 342 g/mol. The zero-order valence-electron chi connectivity index (χ0n) is 14.4. The third-order valence-electron chi connectivity index (χ3n) is 3.41. The molecule has 0 heterocycles. The van der Waals surface area contributed by atoms with Gasteiger partial charge < -0.3 is 20.1 Å². The Morgan fingerprint density at radius 3 is 2.48 bits per heavy atom. The van der Waals surface area contributed by atoms with E-state index < -0.39 is 5.97 Å². The smallest absolute Gasteiger partial charge is 0.337 e. The van der Waals surface area contributed by atoms with E-state index in [1.807, 2.05) is 31.2 Å². The number of anilines is 2. The van der Waals surface area contributed by atoms with Crippen molar-refractivity contribution in [2.24, 2.45) is 0 Å². The van der Waals surface area contributed by atoms with Crippen LogP contribution in [0, 0.1) is 0 Å². The Bertz CT molecular complexity index is 714. The second-order valence-electron chi connectivity index (χ2n) is 5.25. The molecule has 0 atom stereocenters. The zero-order valence-corrected chi connectivity index (χ0v) is 14.4. The van der Waals surface area contributed by atoms with Gasteiger partial charge in [-0.3, -0.25) is 4.79 Å². The van der Waals surface area contributed by atoms with Crippen molar-refractivity contribution in [3.63, 3.8) is 0 Å². The number of hydrogen-bond donors (Lipinski definition) is 2. The van der Waals surface area contributed by atoms with Gasteiger partial charge in [0.25, 0.3) is 0 Å². The molecule has 2 rings (SSSR count). The summed E-state index contributed by atoms with van der Waals surface area (Å²) >= 11 is 0. The molecule has 6 heteroatoms. The van der Waals surface area contributed by atoms with Crippen molar-refractivity contribution < 1.29 is 19.1 Å². The first kappa shape index (κ1) is 18.3. The molecule has 2 aromatic carbocycles. The van der Waals surface area contributed by atoms with Gasteiger partial charge in [0.2, 0.25) is 5.91 Å². The van der Waals surface area contributed by atoms with Gasteiger partial charge in [0.1, 0.15) is 5.75 Å². The number of amides is 1. The van der Waals surface area contributed by atoms with Gasteiger partial charge in [0.15, 0.2) is 0 Å². The van der Waals surface area contributed by atoms with Crippen LogP contribution in [0.15, 0.2) is 48.5 Å². The van der Waals surface area contributed by atoms with Crippen LogP contribution >= 0.6 is 0 Å². The summed E-state index contributed by atoms with van der Waals surface area (Å²) in [6, 6.07) is 14.2. The SMILES string of the molecule is CCOc1ccc(NCCC(=O)Nc2cccc(C(=O)OC)c2)cc1. The Hall–Kier alpha value is -3.02. The highest BCUT2D eigenvalue weighted by Crippen LogP contribution is 2.16. The molecule has 0 bridgehead atoms. The highest BCUT2D eigenvalue weighted by atomic mass is 16.5. The fraction of sp³-hybridized carbons (Fsp3) is 0.263. The second-order valence-corrected chi connectivity index (χ2v) is 5.25. The maximum Gasteiger partial charge on any atom is 0.337 e. The van der Waals surface area contributed by atoms with Crippen molar-refractivity contribution in [1.29, 1.82) is 0 Å². The van der Waals surface area contributed by atoms with Gasteiger partial charge in [-0.05, 0) is 49.4 Å². The van der Waals surface area contributed by atoms with Crippen LogP contribution < -0.4 is 15.4 Å². The first-order valence-corrected chi connectivity index (χ1v) is 8.07. The van der Waals surface area contributed by atoms with E-state index in [4.69, 9.17) is 4.74 Å². The van der Waals surface area contributed by atoms with Crippen LogP contribution in [0.5, 0.6) is 5.75 Å². The van der Waals surface area contributed by atoms with E-state index in [9.17, 15) is 9.59 Å². The number of nitrogens with one attached hydrogen (secondary N) is 2. The number of carbonyl (C=O) groups excluding carboxylic acids is 2. The molecular weight excluding hydrogens is 320 g/mol. The minimum absolute atomic E-state index is 0.138. The summed E-state index contributed by atoms with van der Waals surface area (Å²) in [6.07, 6.45) is 0.301. The number of esters is 1. The molecule has 0 saturated heterocycles. The molecule has 25 heavy (non-hydrogen) atoms. The number of methoxy groups -OCH3 is 1. The van der Waals surface area contributed by atoms with Crippen molar-refractivity contribution >= 4 is 23.3 Å². The van der Waals surface area contributed by atoms with E-state index in [1.165, 1.54) is 7.11 Å². The lowest BCUT2D eigenvalue weighted by Gasteiger charge is -2.09. The molecule has 0 aliphatic rings. The second kappa shape index (κ2) is 9.32. The molecule has 0 spiro atoms. The molecule has 0 aromatic heterocycles. The van der Waals surface area contributed by atoms with E-state index in [0.717, 1.165) is 11.4 Å². The Balaban J connectivity index is 1.79. The molecule has 0 aliphatic carbocycles. The number of hydrogen-bond acceptors (Lipinski definition) is 5. The van der Waals surface area contributed by atoms with Crippen molar-refractivity contribution in [1.82, 2.24) is 0 Å². The minimum atomic E-state index is -0.437. The number of benzene rings is 2. The van der Waals surface area contributed by atoms with Gasteiger partial charge in [-0.15, -0.1) is 0 Å². The molecule has 0 aliphatic heterocycles. The summed E-state index contributed by atoms with van der Waals surface area (Å²) in [4.78, 5) is 23.5. The maximum atomic E-state index is 12.0. The van der Waals surface area contributed by atoms with E-state index in [2.05, 4.69) is 15.4 Å². The normalized spacial score (nSPS) is 10.0. The van der Waals surface area contributed by atoms with Crippen LogP contribution in [0.1, 0.15) is 23.7 Å². The molecule has 0 unspecified atom stereocenters. The van der Waals surface area contributed by atoms with Crippen LogP contribution in [0.4, 0.5) is 11.4 Å². The van der Waals surface area contributed by atoms with Gasteiger partial charge in [-0.25, -0.2) is 4.79 Å². The van der Waals surface area contributed by atoms with E-state index in [1.54, 1.807) is 24.3 Å². The van der Waals surface area contributed by atoms with Crippen molar-refractivity contribution in [3.05, 3.63) is 54.1 Å². The molecule has 0 saturated carbocycles. The number of rotatable bonds is 8. The van der Waals surface area contributed by atoms with Crippen molar-refractivity contribution in [2.75, 3.05) is 30.9 Å². The minimum Gasteiger partial charge on any atom is -0.494 e. The fourth-order valence-electron chi connectivity index (χ4n) is 2.22. The molecule has 0 fully saturated rings. The third kappa shape index (κ3) is 5.84. The van der Waals surface area contributed by atoms with Crippen molar-refractivity contribution in [3.8, 4) is 5.75 Å². The fourth-order valence-corrected chi connectivity index (χ4v) is 2.22. The summed E-state index contributed by atoms with van der Waals surface area (Å²) in [5, 5.41) is 5.95. The lowest BCUT2D eigenvalue weighted by atomic mass is 10.2. The Morgan fingerprint density at radius 1 is 1.04 bits per heavy atom. The molecule has 1 amide bonds. The predicted molar refractivity (Wildman–Crippen MR) is 97.1 cm³/mol. The molecular formula is C19H22N2O4. The van der Waals surface area contributed by atoms with Crippen LogP contribution in [0.25, 0.3) is 0 Å². The van der Waals surface area contributed by atoms with Gasteiger partial charge in [-0.2, -0.15) is 0 Å². The summed E-state index contributed by atoms with van der Waals surface area (Å²) < 4.78 is 10.0. The van der Waals surface area contributed by atoms with Gasteiger partial charge in [0.05, 0.1) is 19.3 Å². The zero-order chi connectivity index (χ0) is 18.1. The van der Waals surface area contributed by atoms with Crippen LogP contribution in [0.3, 0.4) is 0 Å². The van der Waals surface area contributed by atoms with Crippen LogP contribution in [-0.4, -0.2) is 32.1 Å². The molecule has 0 radical (unpaired) electrons. The highest BCUT2D eigenvalue weighted by Gasteiger charge is 2.07. The molecule has 6 nitrogen and oxygen atoms in total. The van der Waals surface area contributed by atoms with Gasteiger partial charge in [-0.1, -0.05) is 6.07 Å². The molecule has 2 aromatic rings. The van der Waals surface area contributed by atoms with Crippen LogP contribution in [-0.2, 0) is 9.53 Å². The number of carbonyl (C=O) groups is 2. The highest BCUT2D eigenvalue weighted by molar-refractivity contribution is 5.94. The summed E-state index contributed by atoms with van der Waals surface area (Å²) in [6.45, 7) is 3.06. The largest absolute Gasteiger partial charge is 0.494 e. The van der Waals surface area contributed by atoms with Crippen molar-refractivity contribution in [2.45, 2.75) is 13.3 Å². The summed E-state index contributed by atoms with van der Waals surface area (Å²) in [7, 11) is 1.32. The summed E-state index contributed by atoms with van der Waals surface area (Å²) in [5.41, 5.74) is 1.88. The van der Waals surface area contributed by atoms with E-state index >= 15 is 0 Å². The average Bonchev–Trinajstić information content (AvgIpc) is 2.63. The predicted octanol–water partition coefficient (Wildman–Crippen LogP) is 3.31. The third-order valence-corrected chi connectivity index (χ3v) is 3.41. The van der Waals surface area contributed by atoms with Crippen LogP contribution in [0.2, 0.25) is 0 Å². The van der Waals surface area contributed by atoms with E-state index in [-0.39, 0.29) is 5.91 Å². The topological polar surface area (TPSA) is 76.7 Å². The molecule has 132 valence electrons.